The van der Waals surface area contributed by atoms with Crippen LogP contribution in [0.4, 0.5) is 5.82 Å². The molecule has 140 valence electrons. The van der Waals surface area contributed by atoms with Crippen LogP contribution >= 0.6 is 11.3 Å². The minimum Gasteiger partial charge on any atom is -0.497 e. The van der Waals surface area contributed by atoms with Crippen LogP contribution in [0.25, 0.3) is 21.6 Å². The third-order valence-electron chi connectivity index (χ3n) is 5.45. The lowest BCUT2D eigenvalue weighted by molar-refractivity contribution is 0.122. The summed E-state index contributed by atoms with van der Waals surface area (Å²) in [7, 11) is 1.68. The Bertz CT molecular complexity index is 962. The van der Waals surface area contributed by atoms with Gasteiger partial charge >= 0.3 is 0 Å². The number of aromatic nitrogens is 2. The van der Waals surface area contributed by atoms with Crippen LogP contribution in [0.3, 0.4) is 0 Å². The summed E-state index contributed by atoms with van der Waals surface area (Å²) in [6.45, 7) is 3.29. The van der Waals surface area contributed by atoms with E-state index in [1.165, 1.54) is 35.1 Å². The molecule has 0 spiro atoms. The fraction of sp³-hybridized carbons (Fsp3) is 0.429. The largest absolute Gasteiger partial charge is 0.497 e. The first-order valence-corrected chi connectivity index (χ1v) is 10.4. The average Bonchev–Trinajstić information content (AvgIpc) is 3.12. The maximum absolute atomic E-state index is 5.57. The van der Waals surface area contributed by atoms with E-state index in [0.29, 0.717) is 0 Å². The van der Waals surface area contributed by atoms with Gasteiger partial charge in [0.2, 0.25) is 0 Å². The summed E-state index contributed by atoms with van der Waals surface area (Å²) in [5.74, 6) is 2.73. The van der Waals surface area contributed by atoms with Crippen molar-refractivity contribution in [2.24, 2.45) is 0 Å². The second-order valence-electron chi connectivity index (χ2n) is 7.09. The van der Waals surface area contributed by atoms with Crippen molar-refractivity contribution in [3.8, 4) is 17.1 Å². The summed E-state index contributed by atoms with van der Waals surface area (Å²) in [5, 5.41) is 1.29. The Balaban J connectivity index is 1.68. The molecule has 0 N–H and O–H groups in total. The SMILES string of the molecule is COc1ccc(-c2nc(N3CCOCC3)c3c4c(sc3n2)CCCC4)cc1. The van der Waals surface area contributed by atoms with E-state index in [-0.39, 0.29) is 0 Å². The second kappa shape index (κ2) is 7.09. The molecular weight excluding hydrogens is 358 g/mol. The number of methoxy groups -OCH3 is 1. The van der Waals surface area contributed by atoms with Crippen LogP contribution in [-0.2, 0) is 17.6 Å². The predicted octanol–water partition coefficient (Wildman–Crippen LogP) is 4.08. The number of thiophene rings is 1. The smallest absolute Gasteiger partial charge is 0.163 e. The summed E-state index contributed by atoms with van der Waals surface area (Å²) in [6, 6.07) is 8.01. The molecule has 1 aliphatic heterocycles. The van der Waals surface area contributed by atoms with E-state index in [1.54, 1.807) is 7.11 Å². The topological polar surface area (TPSA) is 47.5 Å². The third-order valence-corrected chi connectivity index (χ3v) is 6.64. The van der Waals surface area contributed by atoms with E-state index in [0.717, 1.165) is 60.5 Å². The Morgan fingerprint density at radius 3 is 2.59 bits per heavy atom. The molecule has 0 bridgehead atoms. The van der Waals surface area contributed by atoms with Crippen molar-refractivity contribution in [1.82, 2.24) is 9.97 Å². The molecular formula is C21H23N3O2S. The highest BCUT2D eigenvalue weighted by Crippen LogP contribution is 2.41. The molecule has 6 heteroatoms. The molecule has 0 radical (unpaired) electrons. The third kappa shape index (κ3) is 3.07. The molecule has 5 nitrogen and oxygen atoms in total. The summed E-state index contributed by atoms with van der Waals surface area (Å²) >= 11 is 1.86. The highest BCUT2D eigenvalue weighted by molar-refractivity contribution is 7.19. The first kappa shape index (κ1) is 17.0. The van der Waals surface area contributed by atoms with Gasteiger partial charge in [0.05, 0.1) is 25.7 Å². The first-order chi connectivity index (χ1) is 13.3. The van der Waals surface area contributed by atoms with Crippen molar-refractivity contribution < 1.29 is 9.47 Å². The minimum atomic E-state index is 0.760. The van der Waals surface area contributed by atoms with E-state index in [1.807, 2.05) is 35.6 Å². The Labute approximate surface area is 163 Å². The maximum atomic E-state index is 5.57. The summed E-state index contributed by atoms with van der Waals surface area (Å²) in [5.41, 5.74) is 2.52. The van der Waals surface area contributed by atoms with Gasteiger partial charge in [-0.25, -0.2) is 9.97 Å². The normalized spacial score (nSPS) is 17.1. The highest BCUT2D eigenvalue weighted by Gasteiger charge is 2.25. The lowest BCUT2D eigenvalue weighted by Gasteiger charge is -2.29. The molecule has 5 rings (SSSR count). The summed E-state index contributed by atoms with van der Waals surface area (Å²) in [6.07, 6.45) is 4.88. The number of ether oxygens (including phenoxy) is 2. The lowest BCUT2D eigenvalue weighted by atomic mass is 9.97. The van der Waals surface area contributed by atoms with Crippen molar-refractivity contribution in [1.29, 1.82) is 0 Å². The molecule has 1 saturated heterocycles. The van der Waals surface area contributed by atoms with Gasteiger partial charge in [0, 0.05) is 23.5 Å². The van der Waals surface area contributed by atoms with Crippen molar-refractivity contribution in [2.45, 2.75) is 25.7 Å². The van der Waals surface area contributed by atoms with Gasteiger partial charge in [-0.15, -0.1) is 11.3 Å². The summed E-state index contributed by atoms with van der Waals surface area (Å²) in [4.78, 5) is 15.0. The number of morpholine rings is 1. The Morgan fingerprint density at radius 1 is 1.04 bits per heavy atom. The number of nitrogens with zero attached hydrogens (tertiary/aromatic N) is 3. The van der Waals surface area contributed by atoms with Crippen LogP contribution in [0.5, 0.6) is 5.75 Å². The Kier molecular flexibility index (Phi) is 4.45. The van der Waals surface area contributed by atoms with Gasteiger partial charge in [0.25, 0.3) is 0 Å². The number of benzene rings is 1. The van der Waals surface area contributed by atoms with Crippen molar-refractivity contribution in [3.05, 3.63) is 34.7 Å². The van der Waals surface area contributed by atoms with Gasteiger partial charge in [-0.1, -0.05) is 0 Å². The molecule has 3 heterocycles. The highest BCUT2D eigenvalue weighted by atomic mass is 32.1. The molecule has 0 unspecified atom stereocenters. The Hall–Kier alpha value is -2.18. The lowest BCUT2D eigenvalue weighted by Crippen LogP contribution is -2.37. The monoisotopic (exact) mass is 381 g/mol. The quantitative estimate of drug-likeness (QED) is 0.684. The van der Waals surface area contributed by atoms with Crippen LogP contribution in [-0.4, -0.2) is 43.4 Å². The van der Waals surface area contributed by atoms with Crippen LogP contribution in [0.15, 0.2) is 24.3 Å². The average molecular weight is 382 g/mol. The molecule has 2 aliphatic rings. The van der Waals surface area contributed by atoms with Crippen molar-refractivity contribution >= 4 is 27.4 Å². The van der Waals surface area contributed by atoms with Crippen LogP contribution < -0.4 is 9.64 Å². The fourth-order valence-corrected chi connectivity index (χ4v) is 5.27. The van der Waals surface area contributed by atoms with Gasteiger partial charge in [-0.2, -0.15) is 0 Å². The number of hydrogen-bond donors (Lipinski definition) is 0. The van der Waals surface area contributed by atoms with Gasteiger partial charge in [-0.05, 0) is 55.5 Å². The minimum absolute atomic E-state index is 0.760. The maximum Gasteiger partial charge on any atom is 0.163 e. The Morgan fingerprint density at radius 2 is 1.81 bits per heavy atom. The molecule has 0 amide bonds. The van der Waals surface area contributed by atoms with E-state index >= 15 is 0 Å². The number of fused-ring (bicyclic) bond motifs is 3. The molecule has 2 aromatic heterocycles. The summed E-state index contributed by atoms with van der Waals surface area (Å²) < 4.78 is 10.9. The van der Waals surface area contributed by atoms with Crippen molar-refractivity contribution in [2.75, 3.05) is 38.3 Å². The van der Waals surface area contributed by atoms with Gasteiger partial charge in [-0.3, -0.25) is 0 Å². The molecule has 1 aliphatic carbocycles. The zero-order valence-electron chi connectivity index (χ0n) is 15.5. The fourth-order valence-electron chi connectivity index (χ4n) is 4.01. The van der Waals surface area contributed by atoms with E-state index in [2.05, 4.69) is 4.90 Å². The van der Waals surface area contributed by atoms with E-state index in [4.69, 9.17) is 19.4 Å². The number of hydrogen-bond acceptors (Lipinski definition) is 6. The first-order valence-electron chi connectivity index (χ1n) is 9.63. The van der Waals surface area contributed by atoms with E-state index < -0.39 is 0 Å². The van der Waals surface area contributed by atoms with E-state index in [9.17, 15) is 0 Å². The van der Waals surface area contributed by atoms with Gasteiger partial charge < -0.3 is 14.4 Å². The van der Waals surface area contributed by atoms with Gasteiger partial charge in [0.15, 0.2) is 5.82 Å². The zero-order chi connectivity index (χ0) is 18.2. The molecule has 0 saturated carbocycles. The second-order valence-corrected chi connectivity index (χ2v) is 8.17. The molecule has 1 fully saturated rings. The number of rotatable bonds is 3. The number of anilines is 1. The van der Waals surface area contributed by atoms with Crippen LogP contribution in [0, 0.1) is 0 Å². The molecule has 0 atom stereocenters. The molecule has 27 heavy (non-hydrogen) atoms. The zero-order valence-corrected chi connectivity index (χ0v) is 16.3. The van der Waals surface area contributed by atoms with Crippen LogP contribution in [0.2, 0.25) is 0 Å². The molecule has 1 aromatic carbocycles. The standard InChI is InChI=1S/C21H23N3O2S/c1-25-15-8-6-14(7-9-15)19-22-20(24-10-12-26-13-11-24)18-16-4-2-3-5-17(16)27-21(18)23-19/h6-9H,2-5,10-13H2,1H3. The molecule has 3 aromatic rings. The predicted molar refractivity (Wildman–Crippen MR) is 109 cm³/mol. The number of aryl methyl sites for hydroxylation is 2. The van der Waals surface area contributed by atoms with Gasteiger partial charge in [0.1, 0.15) is 16.4 Å². The van der Waals surface area contributed by atoms with Crippen molar-refractivity contribution in [3.63, 3.8) is 0 Å². The van der Waals surface area contributed by atoms with Crippen LogP contribution in [0.1, 0.15) is 23.3 Å².